The van der Waals surface area contributed by atoms with Crippen LogP contribution in [0.25, 0.3) is 21.9 Å². The molecule has 0 N–H and O–H groups in total. The van der Waals surface area contributed by atoms with Crippen LogP contribution in [0.2, 0.25) is 0 Å². The fourth-order valence-corrected chi connectivity index (χ4v) is 2.14. The number of hydrogen-bond acceptors (Lipinski definition) is 6. The summed E-state index contributed by atoms with van der Waals surface area (Å²) in [5, 5.41) is 1.33. The Kier molecular flexibility index (Phi) is 3.50. The normalized spacial score (nSPS) is 11.0. The SMILES string of the molecule is CC(=O)CCC(=O)Oc1c2occc2cc2ccc(=O)oc12. The van der Waals surface area contributed by atoms with E-state index < -0.39 is 11.6 Å². The van der Waals surface area contributed by atoms with Crippen LogP contribution in [0.4, 0.5) is 0 Å². The zero-order chi connectivity index (χ0) is 15.7. The van der Waals surface area contributed by atoms with Gasteiger partial charge < -0.3 is 18.4 Å². The minimum Gasteiger partial charge on any atom is -0.460 e. The number of furan rings is 1. The first-order valence-corrected chi connectivity index (χ1v) is 6.69. The molecule has 0 aliphatic rings. The Morgan fingerprint density at radius 3 is 2.64 bits per heavy atom. The van der Waals surface area contributed by atoms with Gasteiger partial charge in [-0.2, -0.15) is 0 Å². The van der Waals surface area contributed by atoms with Gasteiger partial charge in [-0.1, -0.05) is 0 Å². The molecule has 3 aromatic rings. The third kappa shape index (κ3) is 2.63. The van der Waals surface area contributed by atoms with Crippen LogP contribution in [-0.4, -0.2) is 11.8 Å². The Morgan fingerprint density at radius 2 is 1.86 bits per heavy atom. The Hall–Kier alpha value is -2.89. The highest BCUT2D eigenvalue weighted by Gasteiger charge is 2.18. The van der Waals surface area contributed by atoms with Gasteiger partial charge in [-0.05, 0) is 25.1 Å². The number of carbonyl (C=O) groups excluding carboxylic acids is 2. The molecule has 0 saturated heterocycles. The summed E-state index contributed by atoms with van der Waals surface area (Å²) in [6.45, 7) is 1.40. The van der Waals surface area contributed by atoms with Crippen molar-refractivity contribution in [2.24, 2.45) is 0 Å². The average Bonchev–Trinajstić information content (AvgIpc) is 2.93. The number of esters is 1. The molecular weight excluding hydrogens is 288 g/mol. The summed E-state index contributed by atoms with van der Waals surface area (Å²) in [6.07, 6.45) is 1.49. The average molecular weight is 300 g/mol. The van der Waals surface area contributed by atoms with Gasteiger partial charge in [-0.3, -0.25) is 4.79 Å². The van der Waals surface area contributed by atoms with Crippen LogP contribution in [0.15, 0.2) is 44.2 Å². The van der Waals surface area contributed by atoms with E-state index >= 15 is 0 Å². The van der Waals surface area contributed by atoms with Gasteiger partial charge in [-0.25, -0.2) is 4.79 Å². The molecule has 3 rings (SSSR count). The van der Waals surface area contributed by atoms with Gasteiger partial charge in [0.2, 0.25) is 5.75 Å². The molecule has 112 valence electrons. The summed E-state index contributed by atoms with van der Waals surface area (Å²) in [5.41, 5.74) is -0.0939. The van der Waals surface area contributed by atoms with E-state index in [-0.39, 0.29) is 30.0 Å². The lowest BCUT2D eigenvalue weighted by Gasteiger charge is -2.07. The van der Waals surface area contributed by atoms with Crippen molar-refractivity contribution < 1.29 is 23.2 Å². The molecule has 22 heavy (non-hydrogen) atoms. The largest absolute Gasteiger partial charge is 0.460 e. The fourth-order valence-electron chi connectivity index (χ4n) is 2.14. The van der Waals surface area contributed by atoms with Crippen LogP contribution >= 0.6 is 0 Å². The van der Waals surface area contributed by atoms with Crippen molar-refractivity contribution >= 4 is 33.7 Å². The predicted molar refractivity (Wildman–Crippen MR) is 77.8 cm³/mol. The maximum absolute atomic E-state index is 11.9. The second kappa shape index (κ2) is 5.48. The summed E-state index contributed by atoms with van der Waals surface area (Å²) in [4.78, 5) is 34.2. The Labute approximate surface area is 124 Å². The van der Waals surface area contributed by atoms with Crippen LogP contribution in [0, 0.1) is 0 Å². The van der Waals surface area contributed by atoms with E-state index in [1.807, 2.05) is 0 Å². The molecule has 0 unspecified atom stereocenters. The van der Waals surface area contributed by atoms with Crippen molar-refractivity contribution in [1.82, 2.24) is 0 Å². The van der Waals surface area contributed by atoms with E-state index in [1.54, 1.807) is 18.2 Å². The molecule has 6 nitrogen and oxygen atoms in total. The lowest BCUT2D eigenvalue weighted by Crippen LogP contribution is -2.10. The van der Waals surface area contributed by atoms with Crippen molar-refractivity contribution in [2.45, 2.75) is 19.8 Å². The van der Waals surface area contributed by atoms with Gasteiger partial charge in [-0.15, -0.1) is 0 Å². The second-order valence-corrected chi connectivity index (χ2v) is 4.89. The topological polar surface area (TPSA) is 86.7 Å². The van der Waals surface area contributed by atoms with E-state index in [2.05, 4.69) is 0 Å². The van der Waals surface area contributed by atoms with Crippen molar-refractivity contribution in [3.63, 3.8) is 0 Å². The van der Waals surface area contributed by atoms with E-state index in [4.69, 9.17) is 13.6 Å². The molecule has 0 atom stereocenters. The minimum atomic E-state index is -0.591. The maximum atomic E-state index is 11.9. The number of rotatable bonds is 4. The van der Waals surface area contributed by atoms with E-state index in [0.29, 0.717) is 11.0 Å². The molecular formula is C16H12O6. The number of ketones is 1. The van der Waals surface area contributed by atoms with Gasteiger partial charge in [0.25, 0.3) is 0 Å². The van der Waals surface area contributed by atoms with Gasteiger partial charge in [0.15, 0.2) is 11.2 Å². The summed E-state index contributed by atoms with van der Waals surface area (Å²) >= 11 is 0. The van der Waals surface area contributed by atoms with Crippen LogP contribution in [0.5, 0.6) is 5.75 Å². The molecule has 0 radical (unpaired) electrons. The lowest BCUT2D eigenvalue weighted by atomic mass is 10.1. The molecule has 0 aliphatic carbocycles. The number of benzene rings is 1. The zero-order valence-corrected chi connectivity index (χ0v) is 11.8. The van der Waals surface area contributed by atoms with Crippen LogP contribution in [0.1, 0.15) is 19.8 Å². The second-order valence-electron chi connectivity index (χ2n) is 4.89. The maximum Gasteiger partial charge on any atom is 0.336 e. The Bertz CT molecular complexity index is 931. The molecule has 0 bridgehead atoms. The molecule has 2 aromatic heterocycles. The third-order valence-electron chi connectivity index (χ3n) is 3.18. The van der Waals surface area contributed by atoms with E-state index in [1.165, 1.54) is 19.3 Å². The third-order valence-corrected chi connectivity index (χ3v) is 3.18. The molecule has 6 heteroatoms. The first kappa shape index (κ1) is 14.1. The first-order chi connectivity index (χ1) is 10.5. The highest BCUT2D eigenvalue weighted by molar-refractivity contribution is 6.01. The highest BCUT2D eigenvalue weighted by Crippen LogP contribution is 2.35. The standard InChI is InChI=1S/C16H12O6/c1-9(17)2-4-12(18)22-16-14-11(6-7-20-14)8-10-3-5-13(19)21-15(10)16/h3,5-8H,2,4H2,1H3. The number of carbonyl (C=O) groups is 2. The van der Waals surface area contributed by atoms with Crippen molar-refractivity contribution in [3.05, 3.63) is 40.9 Å². The summed E-state index contributed by atoms with van der Waals surface area (Å²) < 4.78 is 15.7. The summed E-state index contributed by atoms with van der Waals surface area (Å²) in [5.74, 6) is -0.639. The summed E-state index contributed by atoms with van der Waals surface area (Å²) in [6, 6.07) is 6.35. The monoisotopic (exact) mass is 300 g/mol. The number of fused-ring (bicyclic) bond motifs is 2. The van der Waals surface area contributed by atoms with Crippen LogP contribution in [0.3, 0.4) is 0 Å². The van der Waals surface area contributed by atoms with Crippen molar-refractivity contribution in [1.29, 1.82) is 0 Å². The molecule has 0 saturated carbocycles. The van der Waals surface area contributed by atoms with Crippen molar-refractivity contribution in [2.75, 3.05) is 0 Å². The molecule has 0 spiro atoms. The molecule has 2 heterocycles. The predicted octanol–water partition coefficient (Wildman–Crippen LogP) is 2.81. The van der Waals surface area contributed by atoms with E-state index in [9.17, 15) is 14.4 Å². The molecule has 0 fully saturated rings. The molecule has 0 aliphatic heterocycles. The first-order valence-electron chi connectivity index (χ1n) is 6.69. The molecule has 1 aromatic carbocycles. The minimum absolute atomic E-state index is 0.0506. The molecule has 0 amide bonds. The van der Waals surface area contributed by atoms with Gasteiger partial charge in [0.1, 0.15) is 5.78 Å². The number of Topliss-reactive ketones (excluding diaryl/α,β-unsaturated/α-hetero) is 1. The highest BCUT2D eigenvalue weighted by atomic mass is 16.5. The Morgan fingerprint density at radius 1 is 1.09 bits per heavy atom. The van der Waals surface area contributed by atoms with Crippen LogP contribution in [-0.2, 0) is 9.59 Å². The van der Waals surface area contributed by atoms with Gasteiger partial charge >= 0.3 is 11.6 Å². The van der Waals surface area contributed by atoms with Crippen LogP contribution < -0.4 is 10.4 Å². The zero-order valence-electron chi connectivity index (χ0n) is 11.8. The fraction of sp³-hybridized carbons (Fsp3) is 0.188. The summed E-state index contributed by atoms with van der Waals surface area (Å²) in [7, 11) is 0. The van der Waals surface area contributed by atoms with E-state index in [0.717, 1.165) is 5.39 Å². The Balaban J connectivity index is 2.09. The van der Waals surface area contributed by atoms with Gasteiger partial charge in [0, 0.05) is 23.3 Å². The number of ether oxygens (including phenoxy) is 1. The number of hydrogen-bond donors (Lipinski definition) is 0. The smallest absolute Gasteiger partial charge is 0.336 e. The lowest BCUT2D eigenvalue weighted by molar-refractivity contribution is -0.135. The van der Waals surface area contributed by atoms with Crippen molar-refractivity contribution in [3.8, 4) is 5.75 Å². The quantitative estimate of drug-likeness (QED) is 0.418. The van der Waals surface area contributed by atoms with Gasteiger partial charge in [0.05, 0.1) is 12.7 Å².